The molecule has 178 valence electrons. The molecule has 0 radical (unpaired) electrons. The number of benzene rings is 2. The van der Waals surface area contributed by atoms with E-state index in [1.165, 1.54) is 0 Å². The third-order valence-corrected chi connectivity index (χ3v) is 5.73. The van der Waals surface area contributed by atoms with Crippen LogP contribution in [-0.4, -0.2) is 56.8 Å². The molecule has 2 N–H and O–H groups in total. The van der Waals surface area contributed by atoms with Crippen LogP contribution in [0, 0.1) is 0 Å². The molecular weight excluding hydrogens is 422 g/mol. The molecule has 0 bridgehead atoms. The number of rotatable bonds is 7. The van der Waals surface area contributed by atoms with Gasteiger partial charge in [0.05, 0.1) is 27.4 Å². The van der Waals surface area contributed by atoms with Gasteiger partial charge in [-0.3, -0.25) is 4.79 Å². The van der Waals surface area contributed by atoms with Gasteiger partial charge in [0.1, 0.15) is 11.8 Å². The van der Waals surface area contributed by atoms with Crippen molar-refractivity contribution >= 4 is 11.9 Å². The van der Waals surface area contributed by atoms with Crippen molar-refractivity contribution < 1.29 is 23.8 Å². The summed E-state index contributed by atoms with van der Waals surface area (Å²) in [6.45, 7) is 5.94. The van der Waals surface area contributed by atoms with Crippen LogP contribution in [0.25, 0.3) is 0 Å². The third kappa shape index (κ3) is 5.32. The van der Waals surface area contributed by atoms with Gasteiger partial charge in [-0.25, -0.2) is 4.79 Å². The van der Waals surface area contributed by atoms with Crippen molar-refractivity contribution in [1.29, 1.82) is 0 Å². The first kappa shape index (κ1) is 24.2. The van der Waals surface area contributed by atoms with Gasteiger partial charge in [-0.05, 0) is 68.1 Å². The predicted octanol–water partition coefficient (Wildman–Crippen LogP) is 3.28. The van der Waals surface area contributed by atoms with Crippen LogP contribution in [0.5, 0.6) is 17.2 Å². The van der Waals surface area contributed by atoms with Crippen molar-refractivity contribution in [2.75, 3.05) is 27.9 Å². The highest BCUT2D eigenvalue weighted by atomic mass is 16.5. The summed E-state index contributed by atoms with van der Waals surface area (Å²) in [5, 5.41) is 5.69. The molecule has 1 aliphatic heterocycles. The van der Waals surface area contributed by atoms with Gasteiger partial charge >= 0.3 is 6.03 Å². The largest absolute Gasteiger partial charge is 0.497 e. The summed E-state index contributed by atoms with van der Waals surface area (Å²) in [4.78, 5) is 27.5. The summed E-state index contributed by atoms with van der Waals surface area (Å²) in [5.41, 5.74) is 2.97. The lowest BCUT2D eigenvalue weighted by molar-refractivity contribution is -0.123. The molecule has 3 rings (SSSR count). The Morgan fingerprint density at radius 2 is 1.58 bits per heavy atom. The van der Waals surface area contributed by atoms with Gasteiger partial charge in [-0.1, -0.05) is 12.1 Å². The predicted molar refractivity (Wildman–Crippen MR) is 126 cm³/mol. The van der Waals surface area contributed by atoms with Crippen LogP contribution < -0.4 is 24.8 Å². The van der Waals surface area contributed by atoms with E-state index in [0.717, 1.165) is 22.4 Å². The fraction of sp³-hybridized carbons (Fsp3) is 0.440. The molecule has 1 heterocycles. The van der Waals surface area contributed by atoms with Crippen LogP contribution in [0.3, 0.4) is 0 Å². The van der Waals surface area contributed by atoms with E-state index in [2.05, 4.69) is 10.6 Å². The van der Waals surface area contributed by atoms with E-state index in [-0.39, 0.29) is 24.0 Å². The molecular formula is C25H33N3O5. The second kappa shape index (κ2) is 10.5. The summed E-state index contributed by atoms with van der Waals surface area (Å²) in [7, 11) is 4.82. The first-order chi connectivity index (χ1) is 15.8. The Hall–Kier alpha value is -3.42. The molecule has 3 amide bonds. The van der Waals surface area contributed by atoms with Crippen molar-refractivity contribution in [3.8, 4) is 17.2 Å². The molecule has 1 aliphatic rings. The zero-order valence-corrected chi connectivity index (χ0v) is 20.1. The van der Waals surface area contributed by atoms with Crippen LogP contribution in [0.15, 0.2) is 36.4 Å². The molecule has 0 aromatic heterocycles. The van der Waals surface area contributed by atoms with E-state index in [1.54, 1.807) is 33.2 Å². The summed E-state index contributed by atoms with van der Waals surface area (Å²) < 4.78 is 16.3. The second-order valence-corrected chi connectivity index (χ2v) is 8.36. The number of fused-ring (bicyclic) bond motifs is 1. The minimum atomic E-state index is -0.664. The number of carbonyl (C=O) groups is 2. The van der Waals surface area contributed by atoms with E-state index in [1.807, 2.05) is 50.2 Å². The van der Waals surface area contributed by atoms with Gasteiger partial charge in [-0.15, -0.1) is 0 Å². The SMILES string of the molecule is COc1ccc(C2c3cc(OC)c(OC)cc3CCN2C(=O)N[C@@H](C)C(=O)NC(C)C)cc1. The Labute approximate surface area is 195 Å². The van der Waals surface area contributed by atoms with E-state index in [4.69, 9.17) is 14.2 Å². The van der Waals surface area contributed by atoms with Gasteiger partial charge in [0.25, 0.3) is 0 Å². The Bertz CT molecular complexity index is 990. The highest BCUT2D eigenvalue weighted by Crippen LogP contribution is 2.41. The summed E-state index contributed by atoms with van der Waals surface area (Å²) in [6.07, 6.45) is 0.655. The van der Waals surface area contributed by atoms with Gasteiger partial charge < -0.3 is 29.7 Å². The molecule has 2 atom stereocenters. The lowest BCUT2D eigenvalue weighted by Crippen LogP contribution is -2.53. The molecule has 0 spiro atoms. The molecule has 2 aromatic carbocycles. The number of nitrogens with one attached hydrogen (secondary N) is 2. The minimum Gasteiger partial charge on any atom is -0.497 e. The maximum absolute atomic E-state index is 13.3. The fourth-order valence-electron chi connectivity index (χ4n) is 4.05. The normalized spacial score (nSPS) is 16.0. The number of carbonyl (C=O) groups excluding carboxylic acids is 2. The lowest BCUT2D eigenvalue weighted by atomic mass is 9.87. The molecule has 0 fully saturated rings. The summed E-state index contributed by atoms with van der Waals surface area (Å²) in [6, 6.07) is 10.2. The Morgan fingerprint density at radius 3 is 2.15 bits per heavy atom. The number of ether oxygens (including phenoxy) is 3. The van der Waals surface area contributed by atoms with Crippen LogP contribution in [-0.2, 0) is 11.2 Å². The van der Waals surface area contributed by atoms with Gasteiger partial charge in [-0.2, -0.15) is 0 Å². The van der Waals surface area contributed by atoms with Crippen LogP contribution in [0.4, 0.5) is 4.79 Å². The number of nitrogens with zero attached hydrogens (tertiary/aromatic N) is 1. The minimum absolute atomic E-state index is 0.00629. The van der Waals surface area contributed by atoms with E-state index in [0.29, 0.717) is 24.5 Å². The lowest BCUT2D eigenvalue weighted by Gasteiger charge is -2.38. The first-order valence-corrected chi connectivity index (χ1v) is 11.0. The first-order valence-electron chi connectivity index (χ1n) is 11.0. The quantitative estimate of drug-likeness (QED) is 0.669. The highest BCUT2D eigenvalue weighted by molar-refractivity contribution is 5.87. The molecule has 0 saturated heterocycles. The molecule has 1 unspecified atom stereocenters. The van der Waals surface area contributed by atoms with Gasteiger partial charge in [0, 0.05) is 12.6 Å². The van der Waals surface area contributed by atoms with E-state index < -0.39 is 6.04 Å². The number of hydrogen-bond acceptors (Lipinski definition) is 5. The van der Waals surface area contributed by atoms with Crippen LogP contribution in [0.1, 0.15) is 43.5 Å². The smallest absolute Gasteiger partial charge is 0.318 e. The molecule has 8 heteroatoms. The second-order valence-electron chi connectivity index (χ2n) is 8.36. The average Bonchev–Trinajstić information content (AvgIpc) is 2.81. The Kier molecular flexibility index (Phi) is 7.68. The summed E-state index contributed by atoms with van der Waals surface area (Å²) in [5.74, 6) is 1.77. The van der Waals surface area contributed by atoms with Crippen molar-refractivity contribution in [2.24, 2.45) is 0 Å². The van der Waals surface area contributed by atoms with Crippen molar-refractivity contribution in [2.45, 2.75) is 45.3 Å². The van der Waals surface area contributed by atoms with E-state index in [9.17, 15) is 9.59 Å². The number of hydrogen-bond donors (Lipinski definition) is 2. The molecule has 2 aromatic rings. The van der Waals surface area contributed by atoms with Crippen LogP contribution in [0.2, 0.25) is 0 Å². The number of methoxy groups -OCH3 is 3. The maximum atomic E-state index is 13.3. The zero-order valence-electron chi connectivity index (χ0n) is 20.1. The highest BCUT2D eigenvalue weighted by Gasteiger charge is 2.34. The molecule has 8 nitrogen and oxygen atoms in total. The standard InChI is InChI=1S/C25H33N3O5/c1-15(2)26-24(29)16(3)27-25(30)28-12-11-18-13-21(32-5)22(33-6)14-20(18)23(28)17-7-9-19(31-4)10-8-17/h7-10,13-16,23H,11-12H2,1-6H3,(H,26,29)(H,27,30)/t16-,23?/m0/s1. The van der Waals surface area contributed by atoms with Gasteiger partial charge in [0.15, 0.2) is 11.5 Å². The number of urea groups is 1. The molecule has 0 saturated carbocycles. The molecule has 0 aliphatic carbocycles. The van der Waals surface area contributed by atoms with Gasteiger partial charge in [0.2, 0.25) is 5.91 Å². The zero-order chi connectivity index (χ0) is 24.1. The Balaban J connectivity index is 1.99. The summed E-state index contributed by atoms with van der Waals surface area (Å²) >= 11 is 0. The number of amides is 3. The molecule has 33 heavy (non-hydrogen) atoms. The monoisotopic (exact) mass is 455 g/mol. The third-order valence-electron chi connectivity index (χ3n) is 5.73. The van der Waals surface area contributed by atoms with Crippen LogP contribution >= 0.6 is 0 Å². The van der Waals surface area contributed by atoms with Crippen molar-refractivity contribution in [3.63, 3.8) is 0 Å². The van der Waals surface area contributed by atoms with E-state index >= 15 is 0 Å². The van der Waals surface area contributed by atoms with Crippen molar-refractivity contribution in [3.05, 3.63) is 53.1 Å². The topological polar surface area (TPSA) is 89.1 Å². The van der Waals surface area contributed by atoms with Crippen molar-refractivity contribution in [1.82, 2.24) is 15.5 Å². The maximum Gasteiger partial charge on any atom is 0.318 e. The Morgan fingerprint density at radius 1 is 0.939 bits per heavy atom. The fourth-order valence-corrected chi connectivity index (χ4v) is 4.05. The average molecular weight is 456 g/mol.